The van der Waals surface area contributed by atoms with Gasteiger partial charge in [0.25, 0.3) is 0 Å². The lowest BCUT2D eigenvalue weighted by atomic mass is 9.80. The Morgan fingerprint density at radius 3 is 2.21 bits per heavy atom. The van der Waals surface area contributed by atoms with Crippen LogP contribution >= 0.6 is 23.2 Å². The molecule has 3 aromatic rings. The minimum absolute atomic E-state index is 0.0112. The van der Waals surface area contributed by atoms with E-state index in [9.17, 15) is 9.59 Å². The monoisotopic (exact) mass is 610 g/mol. The second-order valence-electron chi connectivity index (χ2n) is 11.1. The molecule has 1 heterocycles. The number of piperidine rings is 1. The molecule has 1 fully saturated rings. The SMILES string of the molecule is CC(=O)NC1(c2ccccc2)CCN(CCN(C)C(CN(C)C(=O)OCc2ccccc2)c2ccc(Cl)c(Cl)c2)CC1. The van der Waals surface area contributed by atoms with Crippen molar-refractivity contribution in [2.75, 3.05) is 46.8 Å². The normalized spacial score (nSPS) is 15.7. The van der Waals surface area contributed by atoms with Crippen LogP contribution in [-0.4, -0.2) is 73.5 Å². The van der Waals surface area contributed by atoms with Crippen LogP contribution in [0.5, 0.6) is 0 Å². The molecule has 0 saturated carbocycles. The van der Waals surface area contributed by atoms with Gasteiger partial charge in [-0.1, -0.05) is 89.9 Å². The Balaban J connectivity index is 1.39. The van der Waals surface area contributed by atoms with Crippen molar-refractivity contribution in [1.29, 1.82) is 0 Å². The summed E-state index contributed by atoms with van der Waals surface area (Å²) in [5.74, 6) is -0.0112. The Hall–Kier alpha value is -3.10. The van der Waals surface area contributed by atoms with Gasteiger partial charge in [-0.25, -0.2) is 4.79 Å². The second-order valence-corrected chi connectivity index (χ2v) is 11.9. The summed E-state index contributed by atoms with van der Waals surface area (Å²) in [5.41, 5.74) is 2.72. The molecule has 7 nitrogen and oxygen atoms in total. The van der Waals surface area contributed by atoms with Crippen LogP contribution < -0.4 is 5.32 Å². The quantitative estimate of drug-likeness (QED) is 0.273. The van der Waals surface area contributed by atoms with E-state index in [0.29, 0.717) is 16.6 Å². The van der Waals surface area contributed by atoms with Gasteiger partial charge in [-0.2, -0.15) is 0 Å². The molecule has 0 radical (unpaired) electrons. The van der Waals surface area contributed by atoms with Gasteiger partial charge in [-0.3, -0.25) is 9.69 Å². The Morgan fingerprint density at radius 2 is 1.60 bits per heavy atom. The third-order valence-corrected chi connectivity index (χ3v) is 8.78. The smallest absolute Gasteiger partial charge is 0.409 e. The number of amides is 2. The van der Waals surface area contributed by atoms with Crippen LogP contribution in [0.2, 0.25) is 10.0 Å². The second kappa shape index (κ2) is 14.9. The molecule has 1 aliphatic heterocycles. The van der Waals surface area contributed by atoms with Gasteiger partial charge in [0.15, 0.2) is 0 Å². The molecular weight excluding hydrogens is 571 g/mol. The minimum Gasteiger partial charge on any atom is -0.445 e. The summed E-state index contributed by atoms with van der Waals surface area (Å²) in [5, 5.41) is 4.22. The van der Waals surface area contributed by atoms with Crippen molar-refractivity contribution in [2.24, 2.45) is 0 Å². The first-order valence-corrected chi connectivity index (χ1v) is 15.1. The van der Waals surface area contributed by atoms with Gasteiger partial charge in [0, 0.05) is 46.7 Å². The Morgan fingerprint density at radius 1 is 0.952 bits per heavy atom. The van der Waals surface area contributed by atoms with Crippen LogP contribution in [0, 0.1) is 0 Å². The van der Waals surface area contributed by atoms with Crippen molar-refractivity contribution in [1.82, 2.24) is 20.0 Å². The van der Waals surface area contributed by atoms with Gasteiger partial charge >= 0.3 is 6.09 Å². The van der Waals surface area contributed by atoms with Crippen molar-refractivity contribution >= 4 is 35.2 Å². The van der Waals surface area contributed by atoms with E-state index in [1.807, 2.05) is 60.7 Å². The third-order valence-electron chi connectivity index (χ3n) is 8.04. The van der Waals surface area contributed by atoms with Crippen LogP contribution in [0.25, 0.3) is 0 Å². The average Bonchev–Trinajstić information content (AvgIpc) is 3.00. The zero-order chi connectivity index (χ0) is 30.1. The number of likely N-dealkylation sites (tertiary alicyclic amines) is 1. The predicted octanol–water partition coefficient (Wildman–Crippen LogP) is 6.36. The molecule has 0 aromatic heterocycles. The zero-order valence-corrected chi connectivity index (χ0v) is 26.1. The summed E-state index contributed by atoms with van der Waals surface area (Å²) >= 11 is 12.6. The fraction of sp³-hybridized carbons (Fsp3) is 0.394. The lowest BCUT2D eigenvalue weighted by molar-refractivity contribution is -0.121. The van der Waals surface area contributed by atoms with Crippen molar-refractivity contribution in [3.05, 3.63) is 106 Å². The van der Waals surface area contributed by atoms with Crippen molar-refractivity contribution < 1.29 is 14.3 Å². The van der Waals surface area contributed by atoms with Crippen LogP contribution in [-0.2, 0) is 21.7 Å². The molecular formula is C33H40Cl2N4O3. The lowest BCUT2D eigenvalue weighted by Gasteiger charge is -2.43. The first-order valence-electron chi connectivity index (χ1n) is 14.3. The van der Waals surface area contributed by atoms with Crippen molar-refractivity contribution in [3.8, 4) is 0 Å². The van der Waals surface area contributed by atoms with Crippen LogP contribution in [0.15, 0.2) is 78.9 Å². The molecule has 1 N–H and O–H groups in total. The van der Waals surface area contributed by atoms with E-state index in [-0.39, 0.29) is 30.2 Å². The number of nitrogens with one attached hydrogen (secondary N) is 1. The number of likely N-dealkylation sites (N-methyl/N-ethyl adjacent to an activating group) is 2. The van der Waals surface area contributed by atoms with Gasteiger partial charge in [-0.05, 0) is 48.7 Å². The first kappa shape index (κ1) is 31.8. The lowest BCUT2D eigenvalue weighted by Crippen LogP contribution is -2.53. The van der Waals surface area contributed by atoms with E-state index in [1.54, 1.807) is 24.9 Å². The molecule has 42 heavy (non-hydrogen) atoms. The maximum absolute atomic E-state index is 12.9. The number of rotatable bonds is 11. The number of halogens is 2. The molecule has 2 amide bonds. The van der Waals surface area contributed by atoms with E-state index in [2.05, 4.69) is 34.3 Å². The van der Waals surface area contributed by atoms with E-state index < -0.39 is 0 Å². The minimum atomic E-state index is -0.386. The van der Waals surface area contributed by atoms with E-state index >= 15 is 0 Å². The van der Waals surface area contributed by atoms with Crippen molar-refractivity contribution in [3.63, 3.8) is 0 Å². The summed E-state index contributed by atoms with van der Waals surface area (Å²) in [6, 6.07) is 25.4. The maximum Gasteiger partial charge on any atom is 0.409 e. The Kier molecular flexibility index (Phi) is 11.3. The molecule has 1 saturated heterocycles. The van der Waals surface area contributed by atoms with Gasteiger partial charge in [0.05, 0.1) is 21.6 Å². The van der Waals surface area contributed by atoms with Crippen molar-refractivity contribution in [2.45, 2.75) is 38.0 Å². The molecule has 3 aromatic carbocycles. The maximum atomic E-state index is 12.9. The summed E-state index contributed by atoms with van der Waals surface area (Å²) in [4.78, 5) is 31.3. The number of hydrogen-bond acceptors (Lipinski definition) is 5. The average molecular weight is 612 g/mol. The summed E-state index contributed by atoms with van der Waals surface area (Å²) in [6.07, 6.45) is 1.29. The molecule has 1 aliphatic rings. The highest BCUT2D eigenvalue weighted by atomic mass is 35.5. The molecule has 0 bridgehead atoms. The molecule has 9 heteroatoms. The Bertz CT molecular complexity index is 1320. The number of nitrogens with zero attached hydrogens (tertiary/aromatic N) is 3. The molecule has 1 unspecified atom stereocenters. The number of hydrogen-bond donors (Lipinski definition) is 1. The number of ether oxygens (including phenoxy) is 1. The highest BCUT2D eigenvalue weighted by Gasteiger charge is 2.37. The van der Waals surface area contributed by atoms with Gasteiger partial charge in [0.1, 0.15) is 6.61 Å². The van der Waals surface area contributed by atoms with Gasteiger partial charge in [0.2, 0.25) is 5.91 Å². The summed E-state index contributed by atoms with van der Waals surface area (Å²) < 4.78 is 5.57. The third kappa shape index (κ3) is 8.48. The van der Waals surface area contributed by atoms with E-state index in [1.165, 1.54) is 0 Å². The standard InChI is InChI=1S/C33H40Cl2N4O3/c1-25(40)36-33(28-12-8-5-9-13-28)16-18-39(19-17-33)21-20-37(2)31(27-14-15-29(34)30(35)22-27)23-38(3)32(41)42-24-26-10-6-4-7-11-26/h4-15,22,31H,16-21,23-24H2,1-3H3,(H,36,40). The number of carbonyl (C=O) groups is 2. The van der Waals surface area contributed by atoms with Crippen LogP contribution in [0.1, 0.15) is 42.5 Å². The summed E-state index contributed by atoms with van der Waals surface area (Å²) in [6.45, 7) is 5.58. The number of benzene rings is 3. The van der Waals surface area contributed by atoms with Crippen LogP contribution in [0.4, 0.5) is 4.79 Å². The fourth-order valence-corrected chi connectivity index (χ4v) is 5.88. The first-order chi connectivity index (χ1) is 20.2. The molecule has 0 spiro atoms. The van der Waals surface area contributed by atoms with Gasteiger partial charge < -0.3 is 19.9 Å². The largest absolute Gasteiger partial charge is 0.445 e. The highest BCUT2D eigenvalue weighted by Crippen LogP contribution is 2.33. The van der Waals surface area contributed by atoms with E-state index in [4.69, 9.17) is 27.9 Å². The molecule has 4 rings (SSSR count). The topological polar surface area (TPSA) is 65.1 Å². The van der Waals surface area contributed by atoms with Crippen LogP contribution in [0.3, 0.4) is 0 Å². The zero-order valence-electron chi connectivity index (χ0n) is 24.6. The predicted molar refractivity (Wildman–Crippen MR) is 169 cm³/mol. The Labute approximate surface area is 259 Å². The summed E-state index contributed by atoms with van der Waals surface area (Å²) in [7, 11) is 3.81. The molecule has 0 aliphatic carbocycles. The fourth-order valence-electron chi connectivity index (χ4n) is 5.58. The van der Waals surface area contributed by atoms with Gasteiger partial charge in [-0.15, -0.1) is 0 Å². The van der Waals surface area contributed by atoms with E-state index in [0.717, 1.165) is 55.7 Å². The number of carbonyl (C=O) groups excluding carboxylic acids is 2. The molecule has 224 valence electrons. The highest BCUT2D eigenvalue weighted by molar-refractivity contribution is 6.42. The molecule has 1 atom stereocenters.